The third kappa shape index (κ3) is 3.41. The van der Waals surface area contributed by atoms with Crippen molar-refractivity contribution in [2.24, 2.45) is 0 Å². The number of thiophene rings is 1. The molecule has 3 aromatic rings. The molecule has 1 saturated heterocycles. The van der Waals surface area contributed by atoms with Crippen molar-refractivity contribution in [3.63, 3.8) is 0 Å². The molecule has 0 spiro atoms. The Morgan fingerprint density at radius 2 is 2.04 bits per heavy atom. The topological polar surface area (TPSA) is 63.2 Å². The summed E-state index contributed by atoms with van der Waals surface area (Å²) in [6.45, 7) is 0.176. The van der Waals surface area contributed by atoms with Gasteiger partial charge in [-0.3, -0.25) is 19.5 Å². The lowest BCUT2D eigenvalue weighted by atomic mass is 10.3. The number of pyridine rings is 1. The molecular formula is C17H11N3O2S3. The van der Waals surface area contributed by atoms with E-state index in [4.69, 9.17) is 0 Å². The first kappa shape index (κ1) is 16.2. The highest BCUT2D eigenvalue weighted by molar-refractivity contribution is 8.18. The minimum Gasteiger partial charge on any atom is -0.268 e. The molecule has 0 atom stereocenters. The molecule has 0 radical (unpaired) electrons. The molecule has 1 aliphatic heterocycles. The van der Waals surface area contributed by atoms with Crippen LogP contribution in [0.2, 0.25) is 0 Å². The quantitative estimate of drug-likeness (QED) is 0.619. The van der Waals surface area contributed by atoms with Crippen LogP contribution in [0.3, 0.4) is 0 Å². The Morgan fingerprint density at radius 1 is 1.12 bits per heavy atom. The van der Waals surface area contributed by atoms with Gasteiger partial charge in [-0.2, -0.15) is 0 Å². The summed E-state index contributed by atoms with van der Waals surface area (Å²) in [5.41, 5.74) is 1.47. The minimum atomic E-state index is -0.268. The Balaban J connectivity index is 1.52. The number of carbonyl (C=O) groups is 2. The number of hydrogen-bond acceptors (Lipinski definition) is 7. The molecular weight excluding hydrogens is 374 g/mol. The van der Waals surface area contributed by atoms with Crippen LogP contribution in [0.1, 0.15) is 10.6 Å². The van der Waals surface area contributed by atoms with Gasteiger partial charge in [0.05, 0.1) is 22.8 Å². The molecule has 0 aliphatic carbocycles. The number of amides is 2. The second-order valence-electron chi connectivity index (χ2n) is 5.14. The maximum atomic E-state index is 12.5. The number of rotatable bonds is 4. The molecule has 8 heteroatoms. The van der Waals surface area contributed by atoms with E-state index in [0.717, 1.165) is 27.3 Å². The van der Waals surface area contributed by atoms with E-state index in [-0.39, 0.29) is 17.7 Å². The average Bonchev–Trinajstić information content (AvgIpc) is 3.35. The normalized spacial score (nSPS) is 16.2. The Labute approximate surface area is 156 Å². The Hall–Kier alpha value is -2.29. The molecule has 4 rings (SSSR count). The monoisotopic (exact) mass is 385 g/mol. The van der Waals surface area contributed by atoms with E-state index in [1.54, 1.807) is 12.3 Å². The first-order valence-corrected chi connectivity index (χ1v) is 9.93. The summed E-state index contributed by atoms with van der Waals surface area (Å²) in [5, 5.41) is 4.30. The number of imide groups is 1. The highest BCUT2D eigenvalue weighted by atomic mass is 32.2. The molecule has 2 amide bonds. The van der Waals surface area contributed by atoms with E-state index in [1.165, 1.54) is 27.6 Å². The number of hydrogen-bond donors (Lipinski definition) is 0. The lowest BCUT2D eigenvalue weighted by molar-refractivity contribution is -0.123. The van der Waals surface area contributed by atoms with Crippen molar-refractivity contribution < 1.29 is 9.59 Å². The van der Waals surface area contributed by atoms with Crippen molar-refractivity contribution in [3.05, 3.63) is 62.8 Å². The molecule has 0 unspecified atom stereocenters. The summed E-state index contributed by atoms with van der Waals surface area (Å²) >= 11 is 3.95. The van der Waals surface area contributed by atoms with Gasteiger partial charge in [0.1, 0.15) is 5.01 Å². The van der Waals surface area contributed by atoms with Gasteiger partial charge in [0, 0.05) is 16.5 Å². The molecule has 0 bridgehead atoms. The summed E-state index contributed by atoms with van der Waals surface area (Å²) in [5.74, 6) is -0.268. The molecule has 25 heavy (non-hydrogen) atoms. The third-order valence-electron chi connectivity index (χ3n) is 3.45. The van der Waals surface area contributed by atoms with E-state index in [0.29, 0.717) is 10.6 Å². The van der Waals surface area contributed by atoms with E-state index >= 15 is 0 Å². The van der Waals surface area contributed by atoms with E-state index in [1.807, 2.05) is 41.1 Å². The number of thioether (sulfide) groups is 1. The second kappa shape index (κ2) is 6.91. The van der Waals surface area contributed by atoms with Gasteiger partial charge in [0.15, 0.2) is 0 Å². The predicted octanol–water partition coefficient (Wildman–Crippen LogP) is 4.50. The Kier molecular flexibility index (Phi) is 4.48. The van der Waals surface area contributed by atoms with Gasteiger partial charge < -0.3 is 0 Å². The third-order valence-corrected chi connectivity index (χ3v) is 6.09. The summed E-state index contributed by atoms with van der Waals surface area (Å²) < 4.78 is 0. The zero-order chi connectivity index (χ0) is 17.2. The van der Waals surface area contributed by atoms with Gasteiger partial charge in [-0.05, 0) is 41.4 Å². The van der Waals surface area contributed by atoms with Gasteiger partial charge >= 0.3 is 0 Å². The van der Waals surface area contributed by atoms with Gasteiger partial charge in [0.2, 0.25) is 0 Å². The average molecular weight is 385 g/mol. The molecule has 1 fully saturated rings. The lowest BCUT2D eigenvalue weighted by Crippen LogP contribution is -2.27. The summed E-state index contributed by atoms with van der Waals surface area (Å²) in [7, 11) is 0. The molecule has 1 aliphatic rings. The molecule has 0 N–H and O–H groups in total. The highest BCUT2D eigenvalue weighted by Crippen LogP contribution is 2.34. The maximum Gasteiger partial charge on any atom is 0.293 e. The molecule has 5 nitrogen and oxygen atoms in total. The van der Waals surface area contributed by atoms with Crippen LogP contribution < -0.4 is 0 Å². The van der Waals surface area contributed by atoms with Crippen molar-refractivity contribution >= 4 is 51.7 Å². The van der Waals surface area contributed by atoms with Crippen LogP contribution in [-0.2, 0) is 11.3 Å². The second-order valence-corrected chi connectivity index (χ2v) is 7.97. The highest BCUT2D eigenvalue weighted by Gasteiger charge is 2.35. The largest absolute Gasteiger partial charge is 0.293 e. The van der Waals surface area contributed by atoms with Crippen LogP contribution in [0.4, 0.5) is 4.79 Å². The molecule has 3 aromatic heterocycles. The fourth-order valence-electron chi connectivity index (χ4n) is 2.29. The van der Waals surface area contributed by atoms with Crippen LogP contribution in [0.15, 0.2) is 52.2 Å². The number of aromatic nitrogens is 2. The van der Waals surface area contributed by atoms with Crippen LogP contribution in [0.25, 0.3) is 16.8 Å². The zero-order valence-electron chi connectivity index (χ0n) is 12.8. The molecule has 4 heterocycles. The summed E-state index contributed by atoms with van der Waals surface area (Å²) in [4.78, 5) is 36.1. The van der Waals surface area contributed by atoms with Crippen LogP contribution in [-0.4, -0.2) is 26.0 Å². The van der Waals surface area contributed by atoms with Gasteiger partial charge in [0.25, 0.3) is 11.1 Å². The van der Waals surface area contributed by atoms with Crippen LogP contribution in [0, 0.1) is 0 Å². The Morgan fingerprint density at radius 3 is 2.80 bits per heavy atom. The fraction of sp³-hybridized carbons (Fsp3) is 0.0588. The van der Waals surface area contributed by atoms with E-state index in [9.17, 15) is 9.59 Å². The number of carbonyl (C=O) groups excluding carboxylic acids is 2. The molecule has 124 valence electrons. The standard InChI is InChI=1S/C17H11N3O2S3/c21-16-14(8-12-4-3-7-23-12)25-17(22)20(16)9-11-10-24-15(19-11)13-5-1-2-6-18-13/h1-8,10H,9H2/b14-8-. The van der Waals surface area contributed by atoms with Gasteiger partial charge in [-0.15, -0.1) is 22.7 Å². The number of nitrogens with zero attached hydrogens (tertiary/aromatic N) is 3. The lowest BCUT2D eigenvalue weighted by Gasteiger charge is -2.09. The number of thiazole rings is 1. The Bertz CT molecular complexity index is 949. The van der Waals surface area contributed by atoms with Crippen molar-refractivity contribution in [1.29, 1.82) is 0 Å². The van der Waals surface area contributed by atoms with Crippen molar-refractivity contribution in [2.45, 2.75) is 6.54 Å². The predicted molar refractivity (Wildman–Crippen MR) is 101 cm³/mol. The van der Waals surface area contributed by atoms with Crippen molar-refractivity contribution in [2.75, 3.05) is 0 Å². The minimum absolute atomic E-state index is 0.176. The first-order chi connectivity index (χ1) is 12.2. The molecule has 0 saturated carbocycles. The van der Waals surface area contributed by atoms with Gasteiger partial charge in [-0.25, -0.2) is 4.98 Å². The van der Waals surface area contributed by atoms with Crippen LogP contribution in [0.5, 0.6) is 0 Å². The van der Waals surface area contributed by atoms with Crippen LogP contribution >= 0.6 is 34.4 Å². The van der Waals surface area contributed by atoms with Crippen molar-refractivity contribution in [1.82, 2.24) is 14.9 Å². The summed E-state index contributed by atoms with van der Waals surface area (Å²) in [6, 6.07) is 9.45. The maximum absolute atomic E-state index is 12.5. The zero-order valence-corrected chi connectivity index (χ0v) is 15.2. The molecule has 0 aromatic carbocycles. The SMILES string of the molecule is O=C1S/C(=C\c2cccs2)C(=O)N1Cc1csc(-c2ccccn2)n1. The smallest absolute Gasteiger partial charge is 0.268 e. The van der Waals surface area contributed by atoms with Crippen molar-refractivity contribution in [3.8, 4) is 10.7 Å². The van der Waals surface area contributed by atoms with E-state index < -0.39 is 0 Å². The first-order valence-electron chi connectivity index (χ1n) is 7.35. The van der Waals surface area contributed by atoms with E-state index in [2.05, 4.69) is 9.97 Å². The summed E-state index contributed by atoms with van der Waals surface area (Å²) in [6.07, 6.45) is 3.47. The van der Waals surface area contributed by atoms with Gasteiger partial charge in [-0.1, -0.05) is 12.1 Å². The fourth-order valence-corrected chi connectivity index (χ4v) is 4.63.